The Morgan fingerprint density at radius 3 is 2.73 bits per heavy atom. The summed E-state index contributed by atoms with van der Waals surface area (Å²) in [7, 11) is 0. The summed E-state index contributed by atoms with van der Waals surface area (Å²) in [4.78, 5) is 21.3. The van der Waals surface area contributed by atoms with Gasteiger partial charge in [-0.2, -0.15) is 0 Å². The third-order valence-corrected chi connectivity index (χ3v) is 1.07. The van der Waals surface area contributed by atoms with E-state index >= 15 is 0 Å². The van der Waals surface area contributed by atoms with Crippen molar-refractivity contribution in [3.63, 3.8) is 0 Å². The van der Waals surface area contributed by atoms with E-state index in [1.165, 1.54) is 6.26 Å². The van der Waals surface area contributed by atoms with Gasteiger partial charge in [-0.1, -0.05) is 0 Å². The predicted octanol–water partition coefficient (Wildman–Crippen LogP) is 0.0760. The molecule has 54 valence electrons. The van der Waals surface area contributed by atoms with Crippen LogP contribution in [0, 0.1) is 11.5 Å². The lowest BCUT2D eigenvalue weighted by atomic mass is 10.1. The van der Waals surface area contributed by atoms with Gasteiger partial charge in [-0.15, -0.1) is 5.26 Å². The minimum atomic E-state index is -0.467. The molecule has 0 saturated heterocycles. The molecule has 0 aromatic rings. The zero-order chi connectivity index (χ0) is 8.27. The zero-order valence-electron chi connectivity index (χ0n) is 5.40. The number of ether oxygens (including phenoxy) is 1. The van der Waals surface area contributed by atoms with Gasteiger partial charge in [0.05, 0.1) is 0 Å². The number of nitrogens with zero attached hydrogens (tertiary/aromatic N) is 1. The van der Waals surface area contributed by atoms with E-state index in [0.717, 1.165) is 18.2 Å². The van der Waals surface area contributed by atoms with Crippen molar-refractivity contribution in [1.29, 1.82) is 5.26 Å². The molecular formula is C7H3NO3. The van der Waals surface area contributed by atoms with Crippen LogP contribution in [-0.2, 0) is 14.3 Å². The normalized spacial score (nSPS) is 15.7. The molecule has 1 aliphatic carbocycles. The Hall–Kier alpha value is -1.89. The molecule has 0 aromatic heterocycles. The molecule has 0 unspecified atom stereocenters. The van der Waals surface area contributed by atoms with Crippen LogP contribution in [0.15, 0.2) is 24.0 Å². The van der Waals surface area contributed by atoms with Crippen molar-refractivity contribution in [2.75, 3.05) is 0 Å². The average molecular weight is 149 g/mol. The van der Waals surface area contributed by atoms with Crippen molar-refractivity contribution in [3.8, 4) is 6.26 Å². The second kappa shape index (κ2) is 2.80. The molecule has 0 bridgehead atoms. The molecular weight excluding hydrogens is 146 g/mol. The van der Waals surface area contributed by atoms with Gasteiger partial charge in [0.1, 0.15) is 0 Å². The molecule has 4 nitrogen and oxygen atoms in total. The lowest BCUT2D eigenvalue weighted by molar-refractivity contribution is -0.116. The molecule has 1 rings (SSSR count). The number of hydrogen-bond acceptors (Lipinski definition) is 4. The summed E-state index contributed by atoms with van der Waals surface area (Å²) in [6, 6.07) is 0. The van der Waals surface area contributed by atoms with Gasteiger partial charge in [0, 0.05) is 6.08 Å². The van der Waals surface area contributed by atoms with Crippen molar-refractivity contribution in [2.24, 2.45) is 0 Å². The summed E-state index contributed by atoms with van der Waals surface area (Å²) in [5.74, 6) is -1.04. The molecule has 0 aliphatic heterocycles. The zero-order valence-corrected chi connectivity index (χ0v) is 5.40. The highest BCUT2D eigenvalue weighted by Gasteiger charge is 2.14. The van der Waals surface area contributed by atoms with Gasteiger partial charge in [-0.25, -0.2) is 0 Å². The first-order chi connectivity index (χ1) is 5.24. The molecule has 0 heterocycles. The smallest absolute Gasteiger partial charge is 0.292 e. The standard InChI is InChI=1S/C7H3NO3/c8-4-11-7-3-5(9)1-2-6(7)10/h1-3H. The summed E-state index contributed by atoms with van der Waals surface area (Å²) in [5.41, 5.74) is 0. The van der Waals surface area contributed by atoms with Crippen LogP contribution in [0.3, 0.4) is 0 Å². The molecule has 0 N–H and O–H groups in total. The summed E-state index contributed by atoms with van der Waals surface area (Å²) in [6.07, 6.45) is 4.47. The maximum atomic E-state index is 10.7. The average Bonchev–Trinajstić information content (AvgIpc) is 1.98. The van der Waals surface area contributed by atoms with Crippen LogP contribution in [0.1, 0.15) is 0 Å². The fourth-order valence-electron chi connectivity index (χ4n) is 0.617. The third-order valence-electron chi connectivity index (χ3n) is 1.07. The molecule has 11 heavy (non-hydrogen) atoms. The fraction of sp³-hybridized carbons (Fsp3) is 0. The van der Waals surface area contributed by atoms with Crippen molar-refractivity contribution >= 4 is 11.6 Å². The highest BCUT2D eigenvalue weighted by atomic mass is 16.5. The van der Waals surface area contributed by atoms with Crippen molar-refractivity contribution in [3.05, 3.63) is 24.0 Å². The minimum absolute atomic E-state index is 0.222. The Morgan fingerprint density at radius 2 is 2.09 bits per heavy atom. The highest BCUT2D eigenvalue weighted by Crippen LogP contribution is 2.05. The summed E-state index contributed by atoms with van der Waals surface area (Å²) < 4.78 is 4.21. The van der Waals surface area contributed by atoms with Gasteiger partial charge >= 0.3 is 0 Å². The Balaban J connectivity index is 2.87. The lowest BCUT2D eigenvalue weighted by Crippen LogP contribution is -2.08. The maximum Gasteiger partial charge on any atom is 0.292 e. The molecule has 0 aromatic carbocycles. The third kappa shape index (κ3) is 1.52. The van der Waals surface area contributed by atoms with Crippen molar-refractivity contribution in [1.82, 2.24) is 0 Å². The molecule has 0 spiro atoms. The van der Waals surface area contributed by atoms with E-state index in [0.29, 0.717) is 0 Å². The monoisotopic (exact) mass is 149 g/mol. The van der Waals surface area contributed by atoms with E-state index in [9.17, 15) is 9.59 Å². The van der Waals surface area contributed by atoms with Crippen LogP contribution in [0.2, 0.25) is 0 Å². The quantitative estimate of drug-likeness (QED) is 0.391. The van der Waals surface area contributed by atoms with Gasteiger partial charge < -0.3 is 4.74 Å². The topological polar surface area (TPSA) is 67.2 Å². The number of carbonyl (C=O) groups excluding carboxylic acids is 2. The van der Waals surface area contributed by atoms with Crippen LogP contribution in [0.25, 0.3) is 0 Å². The molecule has 0 atom stereocenters. The number of carbonyl (C=O) groups is 2. The number of allylic oxidation sites excluding steroid dienone is 3. The molecule has 0 amide bonds. The van der Waals surface area contributed by atoms with Crippen molar-refractivity contribution in [2.45, 2.75) is 0 Å². The summed E-state index contributed by atoms with van der Waals surface area (Å²) in [6.45, 7) is 0. The van der Waals surface area contributed by atoms with E-state index in [-0.39, 0.29) is 11.5 Å². The largest absolute Gasteiger partial charge is 0.384 e. The Labute approximate surface area is 62.4 Å². The first-order valence-electron chi connectivity index (χ1n) is 2.78. The molecule has 0 fully saturated rings. The molecule has 0 saturated carbocycles. The molecule has 1 aliphatic rings. The summed E-state index contributed by atoms with van der Waals surface area (Å²) >= 11 is 0. The van der Waals surface area contributed by atoms with Crippen LogP contribution < -0.4 is 0 Å². The van der Waals surface area contributed by atoms with Crippen molar-refractivity contribution < 1.29 is 14.3 Å². The first-order valence-corrected chi connectivity index (χ1v) is 2.78. The number of rotatable bonds is 1. The highest BCUT2D eigenvalue weighted by molar-refractivity contribution is 6.16. The van der Waals surface area contributed by atoms with Crippen LogP contribution >= 0.6 is 0 Å². The lowest BCUT2D eigenvalue weighted by Gasteiger charge is -1.99. The molecule has 4 heteroatoms. The minimum Gasteiger partial charge on any atom is -0.384 e. The number of hydrogen-bond donors (Lipinski definition) is 0. The van der Waals surface area contributed by atoms with E-state index < -0.39 is 5.78 Å². The van der Waals surface area contributed by atoms with Gasteiger partial charge in [-0.05, 0) is 12.2 Å². The van der Waals surface area contributed by atoms with Gasteiger partial charge in [0.2, 0.25) is 5.78 Å². The SMILES string of the molecule is N#COC1=CC(=O)C=CC1=O. The van der Waals surface area contributed by atoms with E-state index in [2.05, 4.69) is 4.74 Å². The number of ketones is 2. The summed E-state index contributed by atoms with van der Waals surface area (Å²) in [5, 5.41) is 8.02. The second-order valence-corrected chi connectivity index (χ2v) is 1.80. The Bertz CT molecular complexity index is 306. The maximum absolute atomic E-state index is 10.7. The van der Waals surface area contributed by atoms with E-state index in [1.807, 2.05) is 0 Å². The van der Waals surface area contributed by atoms with Crippen LogP contribution in [0.5, 0.6) is 0 Å². The predicted molar refractivity (Wildman–Crippen MR) is 33.9 cm³/mol. The van der Waals surface area contributed by atoms with Crippen LogP contribution in [0.4, 0.5) is 0 Å². The first kappa shape index (κ1) is 7.22. The van der Waals surface area contributed by atoms with E-state index in [4.69, 9.17) is 5.26 Å². The Morgan fingerprint density at radius 1 is 1.36 bits per heavy atom. The second-order valence-electron chi connectivity index (χ2n) is 1.80. The van der Waals surface area contributed by atoms with Gasteiger partial charge in [-0.3, -0.25) is 9.59 Å². The fourth-order valence-corrected chi connectivity index (χ4v) is 0.617. The van der Waals surface area contributed by atoms with Gasteiger partial charge in [0.15, 0.2) is 11.5 Å². The Kier molecular flexibility index (Phi) is 1.83. The van der Waals surface area contributed by atoms with E-state index in [1.54, 1.807) is 0 Å². The molecule has 0 radical (unpaired) electrons. The van der Waals surface area contributed by atoms with Crippen LogP contribution in [-0.4, -0.2) is 11.6 Å². The number of nitriles is 1. The van der Waals surface area contributed by atoms with Gasteiger partial charge in [0.25, 0.3) is 6.26 Å².